The summed E-state index contributed by atoms with van der Waals surface area (Å²) in [6.45, 7) is 5.87. The van der Waals surface area contributed by atoms with Crippen molar-refractivity contribution in [3.05, 3.63) is 22.4 Å². The molecule has 1 heterocycles. The molecule has 0 saturated carbocycles. The maximum Gasteiger partial charge on any atom is 0.191 e. The van der Waals surface area contributed by atoms with Gasteiger partial charge in [-0.2, -0.15) is 0 Å². The van der Waals surface area contributed by atoms with Gasteiger partial charge in [0.1, 0.15) is 0 Å². The zero-order chi connectivity index (χ0) is 13.9. The molecule has 0 spiro atoms. The van der Waals surface area contributed by atoms with Crippen LogP contribution >= 0.6 is 11.3 Å². The van der Waals surface area contributed by atoms with Gasteiger partial charge in [-0.15, -0.1) is 11.3 Å². The van der Waals surface area contributed by atoms with Crippen molar-refractivity contribution in [1.82, 2.24) is 15.5 Å². The highest BCUT2D eigenvalue weighted by atomic mass is 32.1. The predicted octanol–water partition coefficient (Wildman–Crippen LogP) is 1.80. The lowest BCUT2D eigenvalue weighted by molar-refractivity contribution is 0.403. The van der Waals surface area contributed by atoms with Crippen molar-refractivity contribution in [1.29, 1.82) is 0 Å². The van der Waals surface area contributed by atoms with E-state index in [2.05, 4.69) is 59.1 Å². The summed E-state index contributed by atoms with van der Waals surface area (Å²) >= 11 is 1.81. The molecule has 0 radical (unpaired) electrons. The fourth-order valence-corrected chi connectivity index (χ4v) is 2.39. The summed E-state index contributed by atoms with van der Waals surface area (Å²) in [6, 6.07) is 4.27. The number of nitrogens with one attached hydrogen (secondary N) is 2. The van der Waals surface area contributed by atoms with Crippen LogP contribution in [0.1, 0.15) is 18.2 Å². The first-order chi connectivity index (χ1) is 9.22. The molecule has 4 nitrogen and oxygen atoms in total. The molecule has 5 heteroatoms. The van der Waals surface area contributed by atoms with E-state index in [1.54, 1.807) is 11.3 Å². The van der Waals surface area contributed by atoms with Crippen LogP contribution in [0.25, 0.3) is 0 Å². The molecule has 0 fully saturated rings. The van der Waals surface area contributed by atoms with Gasteiger partial charge in [0.15, 0.2) is 5.96 Å². The molecule has 0 unspecified atom stereocenters. The van der Waals surface area contributed by atoms with E-state index in [1.165, 1.54) is 4.88 Å². The van der Waals surface area contributed by atoms with Gasteiger partial charge in [0.25, 0.3) is 0 Å². The van der Waals surface area contributed by atoms with Crippen LogP contribution < -0.4 is 10.6 Å². The fraction of sp³-hybridized carbons (Fsp3) is 0.643. The van der Waals surface area contributed by atoms with Gasteiger partial charge in [-0.1, -0.05) is 6.07 Å². The first-order valence-electron chi connectivity index (χ1n) is 6.91. The molecular formula is C14H26N4S. The average molecular weight is 282 g/mol. The molecule has 0 atom stereocenters. The highest BCUT2D eigenvalue weighted by Crippen LogP contribution is 2.07. The molecular weight excluding hydrogens is 256 g/mol. The second kappa shape index (κ2) is 9.81. The van der Waals surface area contributed by atoms with Crippen molar-refractivity contribution in [3.8, 4) is 0 Å². The summed E-state index contributed by atoms with van der Waals surface area (Å²) in [7, 11) is 4.18. The van der Waals surface area contributed by atoms with Gasteiger partial charge in [0.2, 0.25) is 0 Å². The molecule has 19 heavy (non-hydrogen) atoms. The summed E-state index contributed by atoms with van der Waals surface area (Å²) in [5, 5.41) is 8.78. The van der Waals surface area contributed by atoms with E-state index in [4.69, 9.17) is 0 Å². The Morgan fingerprint density at radius 2 is 2.21 bits per heavy atom. The summed E-state index contributed by atoms with van der Waals surface area (Å²) < 4.78 is 0. The van der Waals surface area contributed by atoms with Crippen LogP contribution in [-0.2, 0) is 6.42 Å². The monoisotopic (exact) mass is 282 g/mol. The van der Waals surface area contributed by atoms with Crippen LogP contribution in [0.5, 0.6) is 0 Å². The zero-order valence-corrected chi connectivity index (χ0v) is 13.1. The van der Waals surface area contributed by atoms with Crippen LogP contribution in [0, 0.1) is 0 Å². The van der Waals surface area contributed by atoms with Crippen LogP contribution in [0.15, 0.2) is 22.5 Å². The van der Waals surface area contributed by atoms with Gasteiger partial charge in [0.05, 0.1) is 0 Å². The lowest BCUT2D eigenvalue weighted by Crippen LogP contribution is -2.38. The van der Waals surface area contributed by atoms with Crippen molar-refractivity contribution in [2.45, 2.75) is 19.8 Å². The predicted molar refractivity (Wildman–Crippen MR) is 85.2 cm³/mol. The van der Waals surface area contributed by atoms with E-state index in [0.717, 1.165) is 45.0 Å². The molecule has 0 aliphatic rings. The summed E-state index contributed by atoms with van der Waals surface area (Å²) in [4.78, 5) is 8.18. The minimum absolute atomic E-state index is 0.868. The van der Waals surface area contributed by atoms with E-state index in [9.17, 15) is 0 Å². The Morgan fingerprint density at radius 1 is 1.37 bits per heavy atom. The Bertz CT molecular complexity index is 346. The molecule has 108 valence electrons. The molecule has 0 aliphatic heterocycles. The van der Waals surface area contributed by atoms with E-state index in [0.29, 0.717) is 0 Å². The Balaban J connectivity index is 2.24. The average Bonchev–Trinajstić information content (AvgIpc) is 2.87. The lowest BCUT2D eigenvalue weighted by Gasteiger charge is -2.11. The number of guanidine groups is 1. The number of thiophene rings is 1. The largest absolute Gasteiger partial charge is 0.357 e. The smallest absolute Gasteiger partial charge is 0.191 e. The van der Waals surface area contributed by atoms with Gasteiger partial charge in [0, 0.05) is 24.5 Å². The Morgan fingerprint density at radius 3 is 2.84 bits per heavy atom. The Kier molecular flexibility index (Phi) is 8.25. The highest BCUT2D eigenvalue weighted by Gasteiger charge is 1.98. The van der Waals surface area contributed by atoms with E-state index in [-0.39, 0.29) is 0 Å². The maximum atomic E-state index is 4.58. The van der Waals surface area contributed by atoms with Crippen molar-refractivity contribution in [2.75, 3.05) is 40.3 Å². The van der Waals surface area contributed by atoms with E-state index >= 15 is 0 Å². The first kappa shape index (κ1) is 16.0. The molecule has 0 aromatic carbocycles. The van der Waals surface area contributed by atoms with Crippen molar-refractivity contribution >= 4 is 17.3 Å². The molecule has 0 amide bonds. The Hall–Kier alpha value is -1.07. The van der Waals surface area contributed by atoms with Gasteiger partial charge < -0.3 is 15.5 Å². The third kappa shape index (κ3) is 7.85. The maximum absolute atomic E-state index is 4.58. The Labute approximate surface area is 120 Å². The molecule has 0 aliphatic carbocycles. The number of rotatable bonds is 8. The molecule has 2 N–H and O–H groups in total. The minimum Gasteiger partial charge on any atom is -0.357 e. The van der Waals surface area contributed by atoms with E-state index < -0.39 is 0 Å². The van der Waals surface area contributed by atoms with Crippen LogP contribution in [-0.4, -0.2) is 51.1 Å². The zero-order valence-electron chi connectivity index (χ0n) is 12.3. The second-order valence-electron chi connectivity index (χ2n) is 4.67. The molecule has 1 rings (SSSR count). The minimum atomic E-state index is 0.868. The molecule has 0 bridgehead atoms. The number of hydrogen-bond acceptors (Lipinski definition) is 3. The third-order valence-corrected chi connectivity index (χ3v) is 3.56. The van der Waals surface area contributed by atoms with Gasteiger partial charge in [-0.25, -0.2) is 0 Å². The van der Waals surface area contributed by atoms with Gasteiger partial charge in [-0.3, -0.25) is 4.99 Å². The number of hydrogen-bond donors (Lipinski definition) is 2. The normalized spacial score (nSPS) is 11.9. The molecule has 1 aromatic heterocycles. The fourth-order valence-electron chi connectivity index (χ4n) is 1.68. The molecule has 0 saturated heterocycles. The lowest BCUT2D eigenvalue weighted by atomic mass is 10.3. The van der Waals surface area contributed by atoms with Crippen LogP contribution in [0.3, 0.4) is 0 Å². The molecule has 1 aromatic rings. The highest BCUT2D eigenvalue weighted by molar-refractivity contribution is 7.09. The van der Waals surface area contributed by atoms with Crippen LogP contribution in [0.4, 0.5) is 0 Å². The number of aliphatic imine (C=N–C) groups is 1. The SMILES string of the molecule is CCNC(=NCCCN(C)C)NCCc1cccs1. The topological polar surface area (TPSA) is 39.7 Å². The van der Waals surface area contributed by atoms with Crippen LogP contribution in [0.2, 0.25) is 0 Å². The van der Waals surface area contributed by atoms with Crippen molar-refractivity contribution < 1.29 is 0 Å². The first-order valence-corrected chi connectivity index (χ1v) is 7.79. The van der Waals surface area contributed by atoms with Crippen molar-refractivity contribution in [3.63, 3.8) is 0 Å². The quantitative estimate of drug-likeness (QED) is 0.434. The number of nitrogens with zero attached hydrogens (tertiary/aromatic N) is 2. The van der Waals surface area contributed by atoms with Crippen molar-refractivity contribution in [2.24, 2.45) is 4.99 Å². The standard InChI is InChI=1S/C14H26N4S/c1-4-15-14(16-9-6-11-18(2)3)17-10-8-13-7-5-12-19-13/h5,7,12H,4,6,8-11H2,1-3H3,(H2,15,16,17). The summed E-state index contributed by atoms with van der Waals surface area (Å²) in [5.74, 6) is 0.929. The second-order valence-corrected chi connectivity index (χ2v) is 5.71. The summed E-state index contributed by atoms with van der Waals surface area (Å²) in [5.41, 5.74) is 0. The van der Waals surface area contributed by atoms with E-state index in [1.807, 2.05) is 0 Å². The summed E-state index contributed by atoms with van der Waals surface area (Å²) in [6.07, 6.45) is 2.15. The van der Waals surface area contributed by atoms with Gasteiger partial charge >= 0.3 is 0 Å². The third-order valence-electron chi connectivity index (χ3n) is 2.62. The van der Waals surface area contributed by atoms with Gasteiger partial charge in [-0.05, 0) is 51.9 Å².